The molecule has 0 radical (unpaired) electrons. The Balaban J connectivity index is 1.99. The number of benzene rings is 1. The highest BCUT2D eigenvalue weighted by molar-refractivity contribution is 5.94. The van der Waals surface area contributed by atoms with Crippen LogP contribution in [0.5, 0.6) is 0 Å². The molecule has 1 amide bonds. The Hall–Kier alpha value is -2.77. The van der Waals surface area contributed by atoms with Crippen molar-refractivity contribution < 1.29 is 13.6 Å². The lowest BCUT2D eigenvalue weighted by Gasteiger charge is -2.22. The third-order valence-corrected chi connectivity index (χ3v) is 3.78. The first-order chi connectivity index (χ1) is 11.4. The molecule has 0 saturated heterocycles. The Bertz CT molecular complexity index is 899. The fourth-order valence-electron chi connectivity index (χ4n) is 2.68. The molecule has 0 saturated carbocycles. The van der Waals surface area contributed by atoms with Crippen LogP contribution in [0.25, 0.3) is 11.0 Å². The summed E-state index contributed by atoms with van der Waals surface area (Å²) in [5.74, 6) is -1.91. The van der Waals surface area contributed by atoms with Crippen molar-refractivity contribution in [3.05, 3.63) is 42.4 Å². The fraction of sp³-hybridized carbons (Fsp3) is 0.312. The van der Waals surface area contributed by atoms with Crippen molar-refractivity contribution >= 4 is 22.8 Å². The zero-order valence-electron chi connectivity index (χ0n) is 13.5. The third kappa shape index (κ3) is 2.86. The molecule has 0 aliphatic heterocycles. The zero-order valence-corrected chi connectivity index (χ0v) is 13.5. The minimum atomic E-state index is -0.975. The standard InChI is InChI=1S/C16H17F2N5O/c1-9(2)15(16(24)20-14-4-5-22(3)21-14)23-8-19-12-6-10(17)11(18)7-13(12)23/h4-9,15H,1-3H3,(H,20,21,24). The average molecular weight is 333 g/mol. The van der Waals surface area contributed by atoms with Crippen LogP contribution in [0, 0.1) is 17.6 Å². The highest BCUT2D eigenvalue weighted by atomic mass is 19.2. The Morgan fingerprint density at radius 1 is 1.25 bits per heavy atom. The molecule has 0 aliphatic rings. The number of aromatic nitrogens is 4. The maximum atomic E-state index is 13.6. The first-order valence-electron chi connectivity index (χ1n) is 7.49. The summed E-state index contributed by atoms with van der Waals surface area (Å²) in [6.45, 7) is 3.74. The van der Waals surface area contributed by atoms with E-state index in [1.54, 1.807) is 28.6 Å². The number of carbonyl (C=O) groups excluding carboxylic acids is 1. The van der Waals surface area contributed by atoms with E-state index in [1.165, 1.54) is 6.33 Å². The van der Waals surface area contributed by atoms with Gasteiger partial charge in [-0.3, -0.25) is 9.48 Å². The summed E-state index contributed by atoms with van der Waals surface area (Å²) in [5.41, 5.74) is 0.661. The van der Waals surface area contributed by atoms with E-state index in [0.717, 1.165) is 12.1 Å². The Morgan fingerprint density at radius 3 is 2.58 bits per heavy atom. The van der Waals surface area contributed by atoms with Gasteiger partial charge in [-0.2, -0.15) is 5.10 Å². The SMILES string of the molecule is CC(C)C(C(=O)Nc1ccn(C)n1)n1cnc2cc(F)c(F)cc21. The summed E-state index contributed by atoms with van der Waals surface area (Å²) in [7, 11) is 1.75. The maximum Gasteiger partial charge on any atom is 0.248 e. The van der Waals surface area contributed by atoms with Crippen molar-refractivity contribution in [3.8, 4) is 0 Å². The van der Waals surface area contributed by atoms with Gasteiger partial charge in [0.05, 0.1) is 17.4 Å². The van der Waals surface area contributed by atoms with E-state index in [0.29, 0.717) is 16.9 Å². The highest BCUT2D eigenvalue weighted by Crippen LogP contribution is 2.26. The second-order valence-electron chi connectivity index (χ2n) is 5.96. The molecule has 1 N–H and O–H groups in total. The minimum absolute atomic E-state index is 0.0979. The number of nitrogens with zero attached hydrogens (tertiary/aromatic N) is 4. The molecule has 0 fully saturated rings. The molecule has 3 rings (SSSR count). The average Bonchev–Trinajstić information content (AvgIpc) is 3.07. The number of anilines is 1. The van der Waals surface area contributed by atoms with E-state index in [-0.39, 0.29) is 11.8 Å². The molecule has 0 bridgehead atoms. The monoisotopic (exact) mass is 333 g/mol. The smallest absolute Gasteiger partial charge is 0.248 e. The largest absolute Gasteiger partial charge is 0.318 e. The fourth-order valence-corrected chi connectivity index (χ4v) is 2.68. The van der Waals surface area contributed by atoms with Crippen molar-refractivity contribution in [1.82, 2.24) is 19.3 Å². The molecular formula is C16H17F2N5O. The Kier molecular flexibility index (Phi) is 4.04. The molecule has 0 aliphatic carbocycles. The summed E-state index contributed by atoms with van der Waals surface area (Å²) in [4.78, 5) is 16.8. The van der Waals surface area contributed by atoms with Crippen molar-refractivity contribution in [1.29, 1.82) is 0 Å². The number of hydrogen-bond acceptors (Lipinski definition) is 3. The van der Waals surface area contributed by atoms with Crippen LogP contribution in [0.2, 0.25) is 0 Å². The van der Waals surface area contributed by atoms with Gasteiger partial charge < -0.3 is 9.88 Å². The second kappa shape index (κ2) is 6.03. The van der Waals surface area contributed by atoms with E-state index >= 15 is 0 Å². The molecule has 0 spiro atoms. The van der Waals surface area contributed by atoms with Gasteiger partial charge in [0.25, 0.3) is 0 Å². The Morgan fingerprint density at radius 2 is 1.96 bits per heavy atom. The molecular weight excluding hydrogens is 316 g/mol. The predicted octanol–water partition coefficient (Wildman–Crippen LogP) is 2.88. The van der Waals surface area contributed by atoms with Crippen LogP contribution in [-0.2, 0) is 11.8 Å². The van der Waals surface area contributed by atoms with Gasteiger partial charge in [-0.1, -0.05) is 13.8 Å². The van der Waals surface area contributed by atoms with Gasteiger partial charge in [-0.15, -0.1) is 0 Å². The molecule has 2 aromatic heterocycles. The first-order valence-corrected chi connectivity index (χ1v) is 7.49. The summed E-state index contributed by atoms with van der Waals surface area (Å²) in [5, 5.41) is 6.85. The molecule has 126 valence electrons. The number of aryl methyl sites for hydroxylation is 1. The van der Waals surface area contributed by atoms with E-state index in [4.69, 9.17) is 0 Å². The van der Waals surface area contributed by atoms with Gasteiger partial charge in [0.2, 0.25) is 5.91 Å². The number of nitrogens with one attached hydrogen (secondary N) is 1. The lowest BCUT2D eigenvalue weighted by molar-refractivity contribution is -0.120. The minimum Gasteiger partial charge on any atom is -0.318 e. The van der Waals surface area contributed by atoms with Crippen LogP contribution in [0.3, 0.4) is 0 Å². The molecule has 2 heterocycles. The number of carbonyl (C=O) groups is 1. The first kappa shape index (κ1) is 16.1. The number of amides is 1. The number of fused-ring (bicyclic) bond motifs is 1. The third-order valence-electron chi connectivity index (χ3n) is 3.78. The molecule has 24 heavy (non-hydrogen) atoms. The van der Waals surface area contributed by atoms with Crippen LogP contribution in [0.1, 0.15) is 19.9 Å². The topological polar surface area (TPSA) is 64.7 Å². The molecule has 1 aromatic carbocycles. The molecule has 6 nitrogen and oxygen atoms in total. The molecule has 3 aromatic rings. The predicted molar refractivity (Wildman–Crippen MR) is 85.4 cm³/mol. The molecule has 1 unspecified atom stereocenters. The van der Waals surface area contributed by atoms with Gasteiger partial charge in [0.15, 0.2) is 17.5 Å². The van der Waals surface area contributed by atoms with Gasteiger partial charge in [-0.25, -0.2) is 13.8 Å². The van der Waals surface area contributed by atoms with Crippen LogP contribution in [0.15, 0.2) is 30.7 Å². The van der Waals surface area contributed by atoms with Crippen LogP contribution < -0.4 is 5.32 Å². The molecule has 8 heteroatoms. The van der Waals surface area contributed by atoms with Gasteiger partial charge in [-0.05, 0) is 5.92 Å². The van der Waals surface area contributed by atoms with Crippen LogP contribution in [0.4, 0.5) is 14.6 Å². The van der Waals surface area contributed by atoms with Gasteiger partial charge in [0, 0.05) is 31.4 Å². The van der Waals surface area contributed by atoms with Gasteiger partial charge >= 0.3 is 0 Å². The quantitative estimate of drug-likeness (QED) is 0.798. The van der Waals surface area contributed by atoms with Crippen molar-refractivity contribution in [2.45, 2.75) is 19.9 Å². The lowest BCUT2D eigenvalue weighted by atomic mass is 10.0. The number of hydrogen-bond donors (Lipinski definition) is 1. The summed E-state index contributed by atoms with van der Waals surface area (Å²) < 4.78 is 30.1. The maximum absolute atomic E-state index is 13.6. The number of imidazole rings is 1. The van der Waals surface area contributed by atoms with E-state index in [1.807, 2.05) is 13.8 Å². The van der Waals surface area contributed by atoms with Crippen molar-refractivity contribution in [3.63, 3.8) is 0 Å². The van der Waals surface area contributed by atoms with Crippen LogP contribution >= 0.6 is 0 Å². The number of rotatable bonds is 4. The summed E-state index contributed by atoms with van der Waals surface area (Å²) in [6, 6.07) is 3.12. The van der Waals surface area contributed by atoms with E-state index < -0.39 is 17.7 Å². The number of halogens is 2. The van der Waals surface area contributed by atoms with E-state index in [9.17, 15) is 13.6 Å². The highest BCUT2D eigenvalue weighted by Gasteiger charge is 2.26. The van der Waals surface area contributed by atoms with Crippen molar-refractivity contribution in [2.24, 2.45) is 13.0 Å². The van der Waals surface area contributed by atoms with Crippen LogP contribution in [-0.4, -0.2) is 25.2 Å². The molecule has 1 atom stereocenters. The summed E-state index contributed by atoms with van der Waals surface area (Å²) in [6.07, 6.45) is 3.14. The van der Waals surface area contributed by atoms with E-state index in [2.05, 4.69) is 15.4 Å². The zero-order chi connectivity index (χ0) is 17.4. The lowest BCUT2D eigenvalue weighted by Crippen LogP contribution is -2.29. The summed E-state index contributed by atoms with van der Waals surface area (Å²) >= 11 is 0. The van der Waals surface area contributed by atoms with Gasteiger partial charge in [0.1, 0.15) is 6.04 Å². The second-order valence-corrected chi connectivity index (χ2v) is 5.96. The Labute approximate surface area is 137 Å². The normalized spacial score (nSPS) is 12.8. The van der Waals surface area contributed by atoms with Crippen molar-refractivity contribution in [2.75, 3.05) is 5.32 Å².